The number of carboxylic acids is 1. The molecule has 0 unspecified atom stereocenters. The molecule has 1 N–H and O–H groups in total. The van der Waals surface area contributed by atoms with Crippen molar-refractivity contribution in [2.24, 2.45) is 5.92 Å². The lowest BCUT2D eigenvalue weighted by molar-refractivity contribution is -0.138. The van der Waals surface area contributed by atoms with E-state index in [2.05, 4.69) is 24.3 Å². The van der Waals surface area contributed by atoms with E-state index < -0.39 is 5.97 Å². The van der Waals surface area contributed by atoms with E-state index in [0.717, 1.165) is 24.0 Å². The molecule has 0 bridgehead atoms. The average Bonchev–Trinajstić information content (AvgIpc) is 2.63. The molecule has 1 heterocycles. The van der Waals surface area contributed by atoms with E-state index in [1.165, 1.54) is 5.56 Å². The molecule has 130 valence electrons. The summed E-state index contributed by atoms with van der Waals surface area (Å²) in [6.45, 7) is 1.33. The van der Waals surface area contributed by atoms with Gasteiger partial charge in [0.25, 0.3) is 0 Å². The van der Waals surface area contributed by atoms with Crippen molar-refractivity contribution in [3.8, 4) is 11.1 Å². The van der Waals surface area contributed by atoms with Crippen LogP contribution in [-0.4, -0.2) is 35.0 Å². The molecule has 1 saturated heterocycles. The molecule has 0 aromatic heterocycles. The lowest BCUT2D eigenvalue weighted by Gasteiger charge is -2.31. The van der Waals surface area contributed by atoms with Crippen LogP contribution in [0.4, 0.5) is 0 Å². The summed E-state index contributed by atoms with van der Waals surface area (Å²) in [6, 6.07) is 18.3. The van der Waals surface area contributed by atoms with Crippen LogP contribution in [0.25, 0.3) is 11.1 Å². The Morgan fingerprint density at radius 3 is 2.12 bits per heavy atom. The largest absolute Gasteiger partial charge is 0.481 e. The lowest BCUT2D eigenvalue weighted by Crippen LogP contribution is -2.39. The maximum atomic E-state index is 12.5. The third-order valence-corrected chi connectivity index (χ3v) is 4.85. The van der Waals surface area contributed by atoms with Crippen LogP contribution in [0.3, 0.4) is 0 Å². The van der Waals surface area contributed by atoms with Crippen molar-refractivity contribution in [2.45, 2.75) is 25.7 Å². The fourth-order valence-electron chi connectivity index (χ4n) is 3.37. The van der Waals surface area contributed by atoms with Crippen molar-refractivity contribution in [3.63, 3.8) is 0 Å². The predicted molar refractivity (Wildman–Crippen MR) is 97.1 cm³/mol. The number of carbonyl (C=O) groups excluding carboxylic acids is 1. The zero-order valence-electron chi connectivity index (χ0n) is 14.2. The molecule has 0 radical (unpaired) electrons. The van der Waals surface area contributed by atoms with Crippen molar-refractivity contribution in [2.75, 3.05) is 13.1 Å². The Kier molecular flexibility index (Phi) is 5.49. The molecule has 0 saturated carbocycles. The highest BCUT2D eigenvalue weighted by molar-refractivity contribution is 5.79. The van der Waals surface area contributed by atoms with Gasteiger partial charge in [-0.25, -0.2) is 0 Å². The molecule has 1 aliphatic heterocycles. The molecule has 1 amide bonds. The van der Waals surface area contributed by atoms with Crippen molar-refractivity contribution in [1.82, 2.24) is 4.90 Å². The van der Waals surface area contributed by atoms with Crippen molar-refractivity contribution >= 4 is 11.9 Å². The molecule has 25 heavy (non-hydrogen) atoms. The van der Waals surface area contributed by atoms with E-state index in [1.807, 2.05) is 35.2 Å². The van der Waals surface area contributed by atoms with Crippen LogP contribution in [0.1, 0.15) is 24.8 Å². The number of nitrogens with zero attached hydrogens (tertiary/aromatic N) is 1. The van der Waals surface area contributed by atoms with Gasteiger partial charge in [0.15, 0.2) is 0 Å². The Morgan fingerprint density at radius 1 is 0.920 bits per heavy atom. The Hall–Kier alpha value is -2.62. The number of aliphatic carboxylic acids is 1. The van der Waals surface area contributed by atoms with E-state index in [-0.39, 0.29) is 18.2 Å². The predicted octanol–water partition coefficient (Wildman–Crippen LogP) is 3.61. The molecular weight excluding hydrogens is 314 g/mol. The van der Waals surface area contributed by atoms with Crippen molar-refractivity contribution < 1.29 is 14.7 Å². The summed E-state index contributed by atoms with van der Waals surface area (Å²) in [5.41, 5.74) is 3.32. The van der Waals surface area contributed by atoms with Gasteiger partial charge in [-0.15, -0.1) is 0 Å². The molecule has 1 aliphatic rings. The van der Waals surface area contributed by atoms with Crippen LogP contribution in [0.15, 0.2) is 54.6 Å². The van der Waals surface area contributed by atoms with E-state index in [4.69, 9.17) is 5.11 Å². The maximum Gasteiger partial charge on any atom is 0.303 e. The highest BCUT2D eigenvalue weighted by Crippen LogP contribution is 2.22. The van der Waals surface area contributed by atoms with Crippen molar-refractivity contribution in [3.05, 3.63) is 60.2 Å². The number of carbonyl (C=O) groups is 2. The number of piperidine rings is 1. The van der Waals surface area contributed by atoms with Gasteiger partial charge in [0.05, 0.1) is 6.42 Å². The minimum Gasteiger partial charge on any atom is -0.481 e. The van der Waals surface area contributed by atoms with Gasteiger partial charge in [0.2, 0.25) is 5.91 Å². The second-order valence-electron chi connectivity index (χ2n) is 6.66. The van der Waals surface area contributed by atoms with Crippen LogP contribution in [0.2, 0.25) is 0 Å². The summed E-state index contributed by atoms with van der Waals surface area (Å²) in [5.74, 6) is -0.420. The number of hydrogen-bond acceptors (Lipinski definition) is 2. The number of hydrogen-bond donors (Lipinski definition) is 1. The molecule has 0 spiro atoms. The first kappa shape index (κ1) is 17.2. The van der Waals surface area contributed by atoms with Gasteiger partial charge in [-0.1, -0.05) is 54.6 Å². The molecule has 1 fully saturated rings. The van der Waals surface area contributed by atoms with E-state index in [0.29, 0.717) is 19.5 Å². The summed E-state index contributed by atoms with van der Waals surface area (Å²) < 4.78 is 0. The summed E-state index contributed by atoms with van der Waals surface area (Å²) in [4.78, 5) is 25.1. The second-order valence-corrected chi connectivity index (χ2v) is 6.66. The Morgan fingerprint density at radius 2 is 1.52 bits per heavy atom. The average molecular weight is 337 g/mol. The standard InChI is InChI=1S/C21H23NO3/c23-20(22-12-10-17(11-13-22)15-21(24)25)14-16-6-8-19(9-7-16)18-4-2-1-3-5-18/h1-9,17H,10-15H2,(H,24,25). The Labute approximate surface area is 148 Å². The molecule has 2 aromatic carbocycles. The highest BCUT2D eigenvalue weighted by Gasteiger charge is 2.24. The Bertz CT molecular complexity index is 717. The zero-order valence-corrected chi connectivity index (χ0v) is 14.2. The summed E-state index contributed by atoms with van der Waals surface area (Å²) in [6.07, 6.45) is 2.18. The maximum absolute atomic E-state index is 12.5. The van der Waals surface area contributed by atoms with E-state index in [9.17, 15) is 9.59 Å². The van der Waals surface area contributed by atoms with E-state index >= 15 is 0 Å². The molecule has 2 aromatic rings. The smallest absolute Gasteiger partial charge is 0.303 e. The number of benzene rings is 2. The topological polar surface area (TPSA) is 57.6 Å². The normalized spacial score (nSPS) is 15.1. The summed E-state index contributed by atoms with van der Waals surface area (Å²) in [5, 5.41) is 8.86. The first-order chi connectivity index (χ1) is 12.1. The molecule has 0 aliphatic carbocycles. The van der Waals surface area contributed by atoms with E-state index in [1.54, 1.807) is 0 Å². The minimum absolute atomic E-state index is 0.126. The fraction of sp³-hybridized carbons (Fsp3) is 0.333. The fourth-order valence-corrected chi connectivity index (χ4v) is 3.37. The third kappa shape index (κ3) is 4.69. The van der Waals surface area contributed by atoms with Crippen LogP contribution in [0, 0.1) is 5.92 Å². The van der Waals surface area contributed by atoms with Crippen LogP contribution < -0.4 is 0 Å². The number of rotatable bonds is 5. The molecular formula is C21H23NO3. The summed E-state index contributed by atoms with van der Waals surface area (Å²) in [7, 11) is 0. The first-order valence-corrected chi connectivity index (χ1v) is 8.76. The lowest BCUT2D eigenvalue weighted by atomic mass is 9.93. The second kappa shape index (κ2) is 7.97. The third-order valence-electron chi connectivity index (χ3n) is 4.85. The van der Waals surface area contributed by atoms with Gasteiger partial charge in [-0.3, -0.25) is 9.59 Å². The molecule has 3 rings (SSSR count). The SMILES string of the molecule is O=C(O)CC1CCN(C(=O)Cc2ccc(-c3ccccc3)cc2)CC1. The van der Waals surface area contributed by atoms with Gasteiger partial charge < -0.3 is 10.0 Å². The molecule has 4 heteroatoms. The van der Waals surface area contributed by atoms with Crippen LogP contribution >= 0.6 is 0 Å². The first-order valence-electron chi connectivity index (χ1n) is 8.76. The van der Waals surface area contributed by atoms with Gasteiger partial charge in [-0.2, -0.15) is 0 Å². The number of carboxylic acid groups (broad SMARTS) is 1. The Balaban J connectivity index is 1.54. The van der Waals surface area contributed by atoms with Crippen molar-refractivity contribution in [1.29, 1.82) is 0 Å². The minimum atomic E-state index is -0.747. The summed E-state index contributed by atoms with van der Waals surface area (Å²) >= 11 is 0. The highest BCUT2D eigenvalue weighted by atomic mass is 16.4. The van der Waals surface area contributed by atoms with Gasteiger partial charge >= 0.3 is 5.97 Å². The van der Waals surface area contributed by atoms with Crippen LogP contribution in [0.5, 0.6) is 0 Å². The van der Waals surface area contributed by atoms with Crippen LogP contribution in [-0.2, 0) is 16.0 Å². The van der Waals surface area contributed by atoms with Gasteiger partial charge in [0, 0.05) is 19.5 Å². The van der Waals surface area contributed by atoms with Gasteiger partial charge in [-0.05, 0) is 35.4 Å². The molecule has 4 nitrogen and oxygen atoms in total. The monoisotopic (exact) mass is 337 g/mol. The zero-order chi connectivity index (χ0) is 17.6. The quantitative estimate of drug-likeness (QED) is 0.907. The molecule has 0 atom stereocenters. The number of amides is 1. The number of likely N-dealkylation sites (tertiary alicyclic amines) is 1. The van der Waals surface area contributed by atoms with Gasteiger partial charge in [0.1, 0.15) is 0 Å².